The second-order valence-electron chi connectivity index (χ2n) is 10.9. The largest absolute Gasteiger partial charge is 0.456 e. The molecule has 0 saturated heterocycles. The Bertz CT molecular complexity index is 1010. The SMILES string of the molecule is CC(C)(C)c1cccc2c1oc1cc(C34CC5CC(CC(C5)C3)C4)ccc12. The highest BCUT2D eigenvalue weighted by Gasteiger charge is 2.51. The van der Waals surface area contributed by atoms with Gasteiger partial charge in [0.1, 0.15) is 11.2 Å². The molecular weight excluding hydrogens is 328 g/mol. The van der Waals surface area contributed by atoms with Crippen LogP contribution in [0.1, 0.15) is 70.4 Å². The summed E-state index contributed by atoms with van der Waals surface area (Å²) in [5.74, 6) is 2.94. The van der Waals surface area contributed by atoms with Gasteiger partial charge in [-0.1, -0.05) is 51.1 Å². The van der Waals surface area contributed by atoms with Gasteiger partial charge in [-0.15, -0.1) is 0 Å². The molecule has 4 aliphatic rings. The summed E-state index contributed by atoms with van der Waals surface area (Å²) < 4.78 is 6.51. The molecule has 1 heteroatoms. The molecule has 0 atom stereocenters. The molecule has 4 bridgehead atoms. The number of fused-ring (bicyclic) bond motifs is 3. The van der Waals surface area contributed by atoms with Crippen LogP contribution >= 0.6 is 0 Å². The second kappa shape index (κ2) is 5.19. The fourth-order valence-corrected chi connectivity index (χ4v) is 7.18. The quantitative estimate of drug-likeness (QED) is 0.443. The fraction of sp³-hybridized carbons (Fsp3) is 0.538. The van der Waals surface area contributed by atoms with Crippen LogP contribution in [0.5, 0.6) is 0 Å². The van der Waals surface area contributed by atoms with Crippen LogP contribution in [0.25, 0.3) is 21.9 Å². The van der Waals surface area contributed by atoms with E-state index in [4.69, 9.17) is 4.42 Å². The molecular formula is C26H30O. The Morgan fingerprint density at radius 1 is 0.852 bits per heavy atom. The summed E-state index contributed by atoms with van der Waals surface area (Å²) in [6.45, 7) is 6.82. The Morgan fingerprint density at radius 2 is 1.52 bits per heavy atom. The first-order valence-electron chi connectivity index (χ1n) is 10.9. The van der Waals surface area contributed by atoms with Gasteiger partial charge in [-0.25, -0.2) is 0 Å². The van der Waals surface area contributed by atoms with Crippen molar-refractivity contribution in [1.29, 1.82) is 0 Å². The number of hydrogen-bond acceptors (Lipinski definition) is 1. The van der Waals surface area contributed by atoms with Crippen molar-refractivity contribution in [1.82, 2.24) is 0 Å². The van der Waals surface area contributed by atoms with Crippen LogP contribution in [0.15, 0.2) is 40.8 Å². The van der Waals surface area contributed by atoms with Crippen LogP contribution in [-0.4, -0.2) is 0 Å². The van der Waals surface area contributed by atoms with E-state index in [-0.39, 0.29) is 5.41 Å². The normalized spacial score (nSPS) is 32.6. The average Bonchev–Trinajstić information content (AvgIpc) is 2.97. The zero-order valence-electron chi connectivity index (χ0n) is 16.8. The van der Waals surface area contributed by atoms with E-state index in [0.29, 0.717) is 5.41 Å². The summed E-state index contributed by atoms with van der Waals surface area (Å²) >= 11 is 0. The molecule has 1 nitrogen and oxygen atoms in total. The first-order valence-corrected chi connectivity index (χ1v) is 10.9. The zero-order valence-corrected chi connectivity index (χ0v) is 16.8. The van der Waals surface area contributed by atoms with Gasteiger partial charge in [0.15, 0.2) is 0 Å². The van der Waals surface area contributed by atoms with Gasteiger partial charge in [0.2, 0.25) is 0 Å². The van der Waals surface area contributed by atoms with E-state index in [0.717, 1.165) is 28.9 Å². The van der Waals surface area contributed by atoms with E-state index >= 15 is 0 Å². The minimum absolute atomic E-state index is 0.0934. The zero-order chi connectivity index (χ0) is 18.4. The number of furan rings is 1. The third-order valence-electron chi connectivity index (χ3n) is 7.96. The van der Waals surface area contributed by atoms with E-state index < -0.39 is 0 Å². The molecule has 4 saturated carbocycles. The smallest absolute Gasteiger partial charge is 0.139 e. The minimum atomic E-state index is 0.0934. The first kappa shape index (κ1) is 16.2. The monoisotopic (exact) mass is 358 g/mol. The Labute approximate surface area is 162 Å². The van der Waals surface area contributed by atoms with Crippen molar-refractivity contribution in [2.75, 3.05) is 0 Å². The van der Waals surface area contributed by atoms with E-state index in [1.54, 1.807) is 5.56 Å². The van der Waals surface area contributed by atoms with Crippen molar-refractivity contribution < 1.29 is 4.42 Å². The molecule has 2 aromatic carbocycles. The van der Waals surface area contributed by atoms with Crippen molar-refractivity contribution in [3.8, 4) is 0 Å². The predicted octanol–water partition coefficient (Wildman–Crippen LogP) is 7.35. The molecule has 1 aromatic heterocycles. The standard InChI is InChI=1S/C26H30O/c1-25(2,3)22-6-4-5-21-20-8-7-19(12-23(20)27-24(21)22)26-13-16-9-17(14-26)11-18(10-16)15-26/h4-8,12,16-18H,9-11,13-15H2,1-3H3. The summed E-state index contributed by atoms with van der Waals surface area (Å²) in [4.78, 5) is 0. The molecule has 0 unspecified atom stereocenters. The molecule has 0 radical (unpaired) electrons. The second-order valence-corrected chi connectivity index (χ2v) is 10.9. The van der Waals surface area contributed by atoms with Crippen LogP contribution in [0, 0.1) is 17.8 Å². The minimum Gasteiger partial charge on any atom is -0.456 e. The maximum absolute atomic E-state index is 6.51. The van der Waals surface area contributed by atoms with Gasteiger partial charge in [-0.2, -0.15) is 0 Å². The van der Waals surface area contributed by atoms with Gasteiger partial charge in [0.25, 0.3) is 0 Å². The van der Waals surface area contributed by atoms with Crippen molar-refractivity contribution in [2.45, 2.75) is 70.1 Å². The molecule has 140 valence electrons. The highest BCUT2D eigenvalue weighted by Crippen LogP contribution is 2.61. The number of para-hydroxylation sites is 1. The van der Waals surface area contributed by atoms with Crippen molar-refractivity contribution in [3.05, 3.63) is 47.5 Å². The van der Waals surface area contributed by atoms with Gasteiger partial charge in [0, 0.05) is 16.3 Å². The molecule has 0 N–H and O–H groups in total. The summed E-state index contributed by atoms with van der Waals surface area (Å²) in [6.07, 6.45) is 8.75. The van der Waals surface area contributed by atoms with Crippen LogP contribution in [0.2, 0.25) is 0 Å². The summed E-state index contributed by atoms with van der Waals surface area (Å²) in [6, 6.07) is 13.8. The molecule has 1 heterocycles. The Kier molecular flexibility index (Phi) is 3.12. The maximum atomic E-state index is 6.51. The van der Waals surface area contributed by atoms with Crippen LogP contribution < -0.4 is 0 Å². The number of hydrogen-bond donors (Lipinski definition) is 0. The van der Waals surface area contributed by atoms with E-state index in [1.807, 2.05) is 0 Å². The van der Waals surface area contributed by atoms with Crippen LogP contribution in [0.4, 0.5) is 0 Å². The lowest BCUT2D eigenvalue weighted by molar-refractivity contribution is -0.00515. The number of benzene rings is 2. The summed E-state index contributed by atoms with van der Waals surface area (Å²) in [5, 5.41) is 2.55. The van der Waals surface area contributed by atoms with Gasteiger partial charge >= 0.3 is 0 Å². The lowest BCUT2D eigenvalue weighted by atomic mass is 9.48. The van der Waals surface area contributed by atoms with E-state index in [1.165, 1.54) is 54.9 Å². The van der Waals surface area contributed by atoms with Gasteiger partial charge in [0.05, 0.1) is 0 Å². The van der Waals surface area contributed by atoms with Gasteiger partial charge in [-0.3, -0.25) is 0 Å². The van der Waals surface area contributed by atoms with Crippen LogP contribution in [-0.2, 0) is 10.8 Å². The van der Waals surface area contributed by atoms with Crippen molar-refractivity contribution in [3.63, 3.8) is 0 Å². The Morgan fingerprint density at radius 3 is 2.15 bits per heavy atom. The number of rotatable bonds is 1. The van der Waals surface area contributed by atoms with Crippen molar-refractivity contribution >= 4 is 21.9 Å². The van der Waals surface area contributed by atoms with Crippen molar-refractivity contribution in [2.24, 2.45) is 17.8 Å². The summed E-state index contributed by atoms with van der Waals surface area (Å²) in [5.41, 5.74) is 5.58. The van der Waals surface area contributed by atoms with E-state index in [9.17, 15) is 0 Å². The maximum Gasteiger partial charge on any atom is 0.139 e. The molecule has 7 rings (SSSR count). The molecule has 3 aromatic rings. The third-order valence-corrected chi connectivity index (χ3v) is 7.96. The molecule has 0 spiro atoms. The van der Waals surface area contributed by atoms with Gasteiger partial charge < -0.3 is 4.42 Å². The predicted molar refractivity (Wildman–Crippen MR) is 112 cm³/mol. The topological polar surface area (TPSA) is 13.1 Å². The molecule has 4 fully saturated rings. The Hall–Kier alpha value is -1.76. The highest BCUT2D eigenvalue weighted by molar-refractivity contribution is 6.06. The summed E-state index contributed by atoms with van der Waals surface area (Å²) in [7, 11) is 0. The Balaban J connectivity index is 1.52. The molecule has 27 heavy (non-hydrogen) atoms. The highest BCUT2D eigenvalue weighted by atomic mass is 16.3. The first-order chi connectivity index (χ1) is 12.9. The molecule has 4 aliphatic carbocycles. The average molecular weight is 359 g/mol. The van der Waals surface area contributed by atoms with Gasteiger partial charge in [-0.05, 0) is 78.7 Å². The lowest BCUT2D eigenvalue weighted by Crippen LogP contribution is -2.48. The molecule has 0 amide bonds. The third kappa shape index (κ3) is 2.30. The fourth-order valence-electron chi connectivity index (χ4n) is 7.18. The van der Waals surface area contributed by atoms with Crippen LogP contribution in [0.3, 0.4) is 0 Å². The molecule has 0 aliphatic heterocycles. The van der Waals surface area contributed by atoms with E-state index in [2.05, 4.69) is 57.2 Å². The lowest BCUT2D eigenvalue weighted by Gasteiger charge is -2.57.